The predicted molar refractivity (Wildman–Crippen MR) is 122 cm³/mol. The van der Waals surface area contributed by atoms with Gasteiger partial charge in [0, 0.05) is 54.9 Å². The highest BCUT2D eigenvalue weighted by Gasteiger charge is 2.68. The number of benzene rings is 2. The van der Waals surface area contributed by atoms with E-state index in [9.17, 15) is 4.79 Å². The number of aromatic nitrogens is 1. The van der Waals surface area contributed by atoms with E-state index in [-0.39, 0.29) is 16.7 Å². The molecule has 1 aliphatic rings. The summed E-state index contributed by atoms with van der Waals surface area (Å²) in [5, 5.41) is 1.08. The fourth-order valence-electron chi connectivity index (χ4n) is 4.85. The topological polar surface area (TPSA) is 25.2 Å². The molecule has 0 atom stereocenters. The molecule has 1 saturated carbocycles. The summed E-state index contributed by atoms with van der Waals surface area (Å²) in [7, 11) is 4.11. The molecule has 1 aromatic heterocycles. The summed E-state index contributed by atoms with van der Waals surface area (Å²) in [5.74, 6) is 0.387. The van der Waals surface area contributed by atoms with Crippen LogP contribution in [-0.2, 0) is 13.0 Å². The van der Waals surface area contributed by atoms with Gasteiger partial charge in [-0.25, -0.2) is 0 Å². The van der Waals surface area contributed by atoms with E-state index in [1.807, 2.05) is 6.07 Å². The van der Waals surface area contributed by atoms with Crippen LogP contribution in [0.2, 0.25) is 0 Å². The number of aryl methyl sites for hydroxylation is 2. The Bertz CT molecular complexity index is 1040. The van der Waals surface area contributed by atoms with E-state index in [4.69, 9.17) is 0 Å². The van der Waals surface area contributed by atoms with E-state index in [0.29, 0.717) is 5.78 Å². The number of carbonyl (C=O) groups excluding carboxylic acids is 1. The first-order valence-electron chi connectivity index (χ1n) is 10.5. The molecule has 152 valence electrons. The van der Waals surface area contributed by atoms with Gasteiger partial charge in [0.15, 0.2) is 5.78 Å². The first kappa shape index (κ1) is 19.8. The van der Waals surface area contributed by atoms with Crippen molar-refractivity contribution in [2.75, 3.05) is 19.0 Å². The molecular weight excluding hydrogens is 356 g/mol. The molecule has 1 aliphatic carbocycles. The summed E-state index contributed by atoms with van der Waals surface area (Å²) in [6.45, 7) is 9.73. The van der Waals surface area contributed by atoms with Gasteiger partial charge in [-0.3, -0.25) is 4.79 Å². The SMILES string of the molecule is CN(C)c1ccc(CCn2cc(C(=O)C3C(C)(C)C3(C)C)c3ccccc32)cc1. The molecule has 0 bridgehead atoms. The van der Waals surface area contributed by atoms with Crippen LogP contribution in [-0.4, -0.2) is 24.4 Å². The molecule has 1 fully saturated rings. The summed E-state index contributed by atoms with van der Waals surface area (Å²) in [4.78, 5) is 15.5. The molecular formula is C26H32N2O. The Morgan fingerprint density at radius 1 is 0.966 bits per heavy atom. The van der Waals surface area contributed by atoms with Gasteiger partial charge in [-0.15, -0.1) is 0 Å². The van der Waals surface area contributed by atoms with Crippen LogP contribution >= 0.6 is 0 Å². The molecule has 3 heteroatoms. The number of fused-ring (bicyclic) bond motifs is 1. The van der Waals surface area contributed by atoms with Gasteiger partial charge in [0.1, 0.15) is 0 Å². The fourth-order valence-corrected chi connectivity index (χ4v) is 4.85. The highest BCUT2D eigenvalue weighted by molar-refractivity contribution is 6.11. The lowest BCUT2D eigenvalue weighted by Gasteiger charge is -2.13. The van der Waals surface area contributed by atoms with Gasteiger partial charge >= 0.3 is 0 Å². The number of rotatable bonds is 6. The molecule has 3 aromatic rings. The third-order valence-corrected chi connectivity index (χ3v) is 7.43. The molecule has 1 heterocycles. The lowest BCUT2D eigenvalue weighted by atomic mass is 10.0. The van der Waals surface area contributed by atoms with Gasteiger partial charge in [-0.1, -0.05) is 58.0 Å². The maximum absolute atomic E-state index is 13.4. The van der Waals surface area contributed by atoms with E-state index >= 15 is 0 Å². The Balaban J connectivity index is 1.60. The monoisotopic (exact) mass is 388 g/mol. The van der Waals surface area contributed by atoms with Gasteiger partial charge in [0.25, 0.3) is 0 Å². The second kappa shape index (κ2) is 6.76. The molecule has 2 aromatic carbocycles. The van der Waals surface area contributed by atoms with Crippen molar-refractivity contribution in [3.8, 4) is 0 Å². The van der Waals surface area contributed by atoms with Crippen molar-refractivity contribution in [1.29, 1.82) is 0 Å². The standard InChI is InChI=1S/C26H32N2O/c1-25(2)24(26(25,3)4)23(29)21-17-28(22-10-8-7-9-20(21)22)16-15-18-11-13-19(14-12-18)27(5)6/h7-14,17,24H,15-16H2,1-6H3. The second-order valence-corrected chi connectivity index (χ2v) is 9.80. The largest absolute Gasteiger partial charge is 0.378 e. The summed E-state index contributed by atoms with van der Waals surface area (Å²) in [6.07, 6.45) is 3.03. The molecule has 0 saturated heterocycles. The van der Waals surface area contributed by atoms with E-state index in [2.05, 4.69) is 99.9 Å². The zero-order valence-electron chi connectivity index (χ0n) is 18.5. The van der Waals surface area contributed by atoms with Gasteiger partial charge in [0.05, 0.1) is 0 Å². The zero-order valence-corrected chi connectivity index (χ0v) is 18.5. The normalized spacial score (nSPS) is 17.4. The van der Waals surface area contributed by atoms with E-state index in [0.717, 1.165) is 29.4 Å². The fraction of sp³-hybridized carbons (Fsp3) is 0.423. The number of hydrogen-bond donors (Lipinski definition) is 0. The minimum atomic E-state index is 0.0570. The third kappa shape index (κ3) is 3.17. The number of Topliss-reactive ketones (excluding diaryl/α,β-unsaturated/α-hetero) is 1. The van der Waals surface area contributed by atoms with Crippen LogP contribution in [0.25, 0.3) is 10.9 Å². The highest BCUT2D eigenvalue weighted by atomic mass is 16.1. The molecule has 3 nitrogen and oxygen atoms in total. The Labute approximate surface area is 174 Å². The second-order valence-electron chi connectivity index (χ2n) is 9.80. The summed E-state index contributed by atoms with van der Waals surface area (Å²) in [5.41, 5.74) is 4.67. The summed E-state index contributed by atoms with van der Waals surface area (Å²) < 4.78 is 2.25. The molecule has 0 unspecified atom stereocenters. The average molecular weight is 389 g/mol. The van der Waals surface area contributed by atoms with E-state index in [1.165, 1.54) is 11.3 Å². The molecule has 29 heavy (non-hydrogen) atoms. The molecule has 0 aliphatic heterocycles. The Kier molecular flexibility index (Phi) is 4.60. The van der Waals surface area contributed by atoms with Gasteiger partial charge < -0.3 is 9.47 Å². The molecule has 0 spiro atoms. The number of carbonyl (C=O) groups is 1. The van der Waals surface area contributed by atoms with Crippen LogP contribution in [0.3, 0.4) is 0 Å². The minimum absolute atomic E-state index is 0.0570. The third-order valence-electron chi connectivity index (χ3n) is 7.43. The molecule has 0 amide bonds. The number of para-hydroxylation sites is 1. The number of ketones is 1. The molecule has 0 N–H and O–H groups in total. The molecule has 4 rings (SSSR count). The van der Waals surface area contributed by atoms with Crippen LogP contribution in [0.5, 0.6) is 0 Å². The van der Waals surface area contributed by atoms with Crippen molar-refractivity contribution in [3.63, 3.8) is 0 Å². The van der Waals surface area contributed by atoms with Gasteiger partial charge in [-0.05, 0) is 41.0 Å². The van der Waals surface area contributed by atoms with Crippen molar-refractivity contribution in [2.45, 2.75) is 40.7 Å². The Morgan fingerprint density at radius 2 is 1.59 bits per heavy atom. The van der Waals surface area contributed by atoms with E-state index in [1.54, 1.807) is 0 Å². The first-order chi connectivity index (χ1) is 13.6. The highest BCUT2D eigenvalue weighted by Crippen LogP contribution is 2.69. The zero-order chi connectivity index (χ0) is 21.0. The maximum Gasteiger partial charge on any atom is 0.169 e. The summed E-state index contributed by atoms with van der Waals surface area (Å²) in [6, 6.07) is 17.0. The van der Waals surface area contributed by atoms with E-state index < -0.39 is 0 Å². The van der Waals surface area contributed by atoms with Gasteiger partial charge in [0.2, 0.25) is 0 Å². The van der Waals surface area contributed by atoms with Crippen molar-refractivity contribution in [2.24, 2.45) is 16.7 Å². The number of hydrogen-bond acceptors (Lipinski definition) is 2. The molecule has 0 radical (unpaired) electrons. The predicted octanol–water partition coefficient (Wildman–Crippen LogP) is 5.81. The smallest absolute Gasteiger partial charge is 0.169 e. The van der Waals surface area contributed by atoms with Crippen LogP contribution in [0, 0.1) is 16.7 Å². The number of anilines is 1. The Morgan fingerprint density at radius 3 is 2.17 bits per heavy atom. The summed E-state index contributed by atoms with van der Waals surface area (Å²) >= 11 is 0. The first-order valence-corrected chi connectivity index (χ1v) is 10.5. The lowest BCUT2D eigenvalue weighted by Crippen LogP contribution is -2.08. The minimum Gasteiger partial charge on any atom is -0.378 e. The quantitative estimate of drug-likeness (QED) is 0.498. The maximum atomic E-state index is 13.4. The van der Waals surface area contributed by atoms with Gasteiger partial charge in [-0.2, -0.15) is 0 Å². The van der Waals surface area contributed by atoms with Crippen LogP contribution < -0.4 is 4.90 Å². The van der Waals surface area contributed by atoms with Crippen LogP contribution in [0.15, 0.2) is 54.7 Å². The van der Waals surface area contributed by atoms with Crippen molar-refractivity contribution >= 4 is 22.4 Å². The average Bonchev–Trinajstić information content (AvgIpc) is 2.95. The van der Waals surface area contributed by atoms with Crippen molar-refractivity contribution in [1.82, 2.24) is 4.57 Å². The number of nitrogens with zero attached hydrogens (tertiary/aromatic N) is 2. The Hall–Kier alpha value is -2.55. The van der Waals surface area contributed by atoms with Crippen LogP contribution in [0.1, 0.15) is 43.6 Å². The van der Waals surface area contributed by atoms with Crippen LogP contribution in [0.4, 0.5) is 5.69 Å². The van der Waals surface area contributed by atoms with Crippen molar-refractivity contribution in [3.05, 3.63) is 65.9 Å². The van der Waals surface area contributed by atoms with Crippen molar-refractivity contribution < 1.29 is 4.79 Å². The lowest BCUT2D eigenvalue weighted by molar-refractivity contribution is 0.0946.